The van der Waals surface area contributed by atoms with E-state index >= 15 is 0 Å². The molecule has 17 heavy (non-hydrogen) atoms. The number of anilines is 1. The summed E-state index contributed by atoms with van der Waals surface area (Å²) in [6, 6.07) is 7.83. The van der Waals surface area contributed by atoms with E-state index in [-0.39, 0.29) is 6.10 Å². The second-order valence-corrected chi connectivity index (χ2v) is 4.09. The molecule has 90 valence electrons. The Morgan fingerprint density at radius 1 is 1.24 bits per heavy atom. The molecule has 4 nitrogen and oxygen atoms in total. The Morgan fingerprint density at radius 3 is 2.76 bits per heavy atom. The minimum absolute atomic E-state index is 0.263. The van der Waals surface area contributed by atoms with Crippen molar-refractivity contribution in [2.45, 2.75) is 20.0 Å². The molecule has 1 heterocycles. The third-order valence-electron chi connectivity index (χ3n) is 2.31. The Hall–Kier alpha value is -1.68. The zero-order valence-electron chi connectivity index (χ0n) is 10.2. The van der Waals surface area contributed by atoms with Crippen molar-refractivity contribution in [1.29, 1.82) is 0 Å². The predicted molar refractivity (Wildman–Crippen MR) is 69.1 cm³/mol. The first kappa shape index (κ1) is 11.8. The molecule has 0 aliphatic rings. The lowest BCUT2D eigenvalue weighted by Crippen LogP contribution is -2.13. The van der Waals surface area contributed by atoms with Gasteiger partial charge in [-0.2, -0.15) is 0 Å². The summed E-state index contributed by atoms with van der Waals surface area (Å²) in [7, 11) is 0. The van der Waals surface area contributed by atoms with Crippen LogP contribution in [-0.2, 0) is 4.74 Å². The highest BCUT2D eigenvalue weighted by molar-refractivity contribution is 5.75. The second kappa shape index (κ2) is 5.59. The van der Waals surface area contributed by atoms with Crippen molar-refractivity contribution in [3.05, 3.63) is 30.5 Å². The lowest BCUT2D eigenvalue weighted by atomic mass is 10.3. The van der Waals surface area contributed by atoms with E-state index in [1.54, 1.807) is 6.20 Å². The molecule has 0 aliphatic carbocycles. The topological polar surface area (TPSA) is 47.0 Å². The summed E-state index contributed by atoms with van der Waals surface area (Å²) in [6.45, 7) is 5.46. The van der Waals surface area contributed by atoms with E-state index in [0.717, 1.165) is 23.4 Å². The van der Waals surface area contributed by atoms with Crippen LogP contribution < -0.4 is 5.32 Å². The van der Waals surface area contributed by atoms with Crippen molar-refractivity contribution in [3.63, 3.8) is 0 Å². The molecular formula is C13H17N3O. The van der Waals surface area contributed by atoms with Crippen LogP contribution in [0.1, 0.15) is 13.8 Å². The molecule has 0 bridgehead atoms. The maximum absolute atomic E-state index is 5.44. The Kier molecular flexibility index (Phi) is 3.88. The number of benzene rings is 1. The lowest BCUT2D eigenvalue weighted by molar-refractivity contribution is 0.0870. The van der Waals surface area contributed by atoms with Crippen LogP contribution in [0.5, 0.6) is 0 Å². The van der Waals surface area contributed by atoms with E-state index in [0.29, 0.717) is 6.61 Å². The van der Waals surface area contributed by atoms with Gasteiger partial charge in [0.1, 0.15) is 5.82 Å². The van der Waals surface area contributed by atoms with E-state index in [1.165, 1.54) is 0 Å². The number of para-hydroxylation sites is 2. The van der Waals surface area contributed by atoms with E-state index in [1.807, 2.05) is 38.1 Å². The number of hydrogen-bond acceptors (Lipinski definition) is 4. The minimum atomic E-state index is 0.263. The summed E-state index contributed by atoms with van der Waals surface area (Å²) in [4.78, 5) is 8.79. The zero-order chi connectivity index (χ0) is 12.1. The fraction of sp³-hybridized carbons (Fsp3) is 0.385. The smallest absolute Gasteiger partial charge is 0.145 e. The summed E-state index contributed by atoms with van der Waals surface area (Å²) in [6.07, 6.45) is 2.01. The van der Waals surface area contributed by atoms with Crippen molar-refractivity contribution in [2.75, 3.05) is 18.5 Å². The number of fused-ring (bicyclic) bond motifs is 1. The molecular weight excluding hydrogens is 214 g/mol. The number of hydrogen-bond donors (Lipinski definition) is 1. The zero-order valence-corrected chi connectivity index (χ0v) is 10.2. The van der Waals surface area contributed by atoms with Crippen molar-refractivity contribution in [3.8, 4) is 0 Å². The van der Waals surface area contributed by atoms with E-state index in [4.69, 9.17) is 4.74 Å². The summed E-state index contributed by atoms with van der Waals surface area (Å²) < 4.78 is 5.44. The van der Waals surface area contributed by atoms with Gasteiger partial charge in [-0.05, 0) is 26.0 Å². The van der Waals surface area contributed by atoms with Crippen LogP contribution in [0.2, 0.25) is 0 Å². The van der Waals surface area contributed by atoms with Gasteiger partial charge in [-0.3, -0.25) is 4.98 Å². The molecule has 2 rings (SSSR count). The van der Waals surface area contributed by atoms with Gasteiger partial charge in [0.25, 0.3) is 0 Å². The number of rotatable bonds is 5. The highest BCUT2D eigenvalue weighted by Gasteiger charge is 1.98. The molecule has 0 saturated carbocycles. The van der Waals surface area contributed by atoms with Gasteiger partial charge in [-0.1, -0.05) is 12.1 Å². The molecule has 1 N–H and O–H groups in total. The Morgan fingerprint density at radius 2 is 2.00 bits per heavy atom. The number of nitrogens with zero attached hydrogens (tertiary/aromatic N) is 2. The van der Waals surface area contributed by atoms with Gasteiger partial charge < -0.3 is 10.1 Å². The molecule has 0 radical (unpaired) electrons. The van der Waals surface area contributed by atoms with Crippen LogP contribution in [0.3, 0.4) is 0 Å². The first-order valence-electron chi connectivity index (χ1n) is 5.83. The van der Waals surface area contributed by atoms with Gasteiger partial charge in [0, 0.05) is 6.54 Å². The van der Waals surface area contributed by atoms with Crippen LogP contribution in [0, 0.1) is 0 Å². The molecule has 4 heteroatoms. The largest absolute Gasteiger partial charge is 0.377 e. The summed E-state index contributed by atoms with van der Waals surface area (Å²) in [5.74, 6) is 0.788. The van der Waals surface area contributed by atoms with Gasteiger partial charge >= 0.3 is 0 Å². The number of ether oxygens (including phenoxy) is 1. The number of aromatic nitrogens is 2. The average molecular weight is 231 g/mol. The van der Waals surface area contributed by atoms with Crippen molar-refractivity contribution in [2.24, 2.45) is 0 Å². The first-order chi connectivity index (χ1) is 8.25. The molecule has 0 amide bonds. The molecule has 0 saturated heterocycles. The monoisotopic (exact) mass is 231 g/mol. The van der Waals surface area contributed by atoms with Crippen molar-refractivity contribution in [1.82, 2.24) is 9.97 Å². The standard InChI is InChI=1S/C13H17N3O/c1-10(2)17-8-7-14-13-9-15-11-5-3-4-6-12(11)16-13/h3-6,9-10H,7-8H2,1-2H3,(H,14,16). The van der Waals surface area contributed by atoms with E-state index < -0.39 is 0 Å². The normalized spacial score (nSPS) is 11.0. The fourth-order valence-electron chi connectivity index (χ4n) is 1.52. The molecule has 2 aromatic rings. The molecule has 0 aliphatic heterocycles. The molecule has 1 aromatic carbocycles. The third kappa shape index (κ3) is 3.39. The van der Waals surface area contributed by atoms with Gasteiger partial charge in [-0.15, -0.1) is 0 Å². The predicted octanol–water partition coefficient (Wildman–Crippen LogP) is 2.47. The lowest BCUT2D eigenvalue weighted by Gasteiger charge is -2.09. The van der Waals surface area contributed by atoms with Crippen molar-refractivity contribution >= 4 is 16.9 Å². The van der Waals surface area contributed by atoms with E-state index in [2.05, 4.69) is 15.3 Å². The highest BCUT2D eigenvalue weighted by Crippen LogP contribution is 2.10. The summed E-state index contributed by atoms with van der Waals surface area (Å²) in [5.41, 5.74) is 1.82. The molecule has 1 aromatic heterocycles. The van der Waals surface area contributed by atoms with Crippen LogP contribution in [0.4, 0.5) is 5.82 Å². The van der Waals surface area contributed by atoms with Crippen LogP contribution >= 0.6 is 0 Å². The van der Waals surface area contributed by atoms with Crippen molar-refractivity contribution < 1.29 is 4.74 Å². The molecule has 0 spiro atoms. The van der Waals surface area contributed by atoms with Gasteiger partial charge in [-0.25, -0.2) is 4.98 Å². The van der Waals surface area contributed by atoms with Crippen LogP contribution in [0.25, 0.3) is 11.0 Å². The maximum Gasteiger partial charge on any atom is 0.145 e. The SMILES string of the molecule is CC(C)OCCNc1cnc2ccccc2n1. The van der Waals surface area contributed by atoms with E-state index in [9.17, 15) is 0 Å². The summed E-state index contributed by atoms with van der Waals surface area (Å²) >= 11 is 0. The highest BCUT2D eigenvalue weighted by atomic mass is 16.5. The molecule has 0 atom stereocenters. The maximum atomic E-state index is 5.44. The second-order valence-electron chi connectivity index (χ2n) is 4.09. The van der Waals surface area contributed by atoms with Gasteiger partial charge in [0.2, 0.25) is 0 Å². The number of nitrogens with one attached hydrogen (secondary N) is 1. The Bertz CT molecular complexity index is 485. The van der Waals surface area contributed by atoms with Gasteiger partial charge in [0.05, 0.1) is 29.9 Å². The Balaban J connectivity index is 1.95. The molecule has 0 unspecified atom stereocenters. The molecule has 0 fully saturated rings. The average Bonchev–Trinajstić information content (AvgIpc) is 2.34. The van der Waals surface area contributed by atoms with Crippen LogP contribution in [-0.4, -0.2) is 29.2 Å². The van der Waals surface area contributed by atoms with Crippen LogP contribution in [0.15, 0.2) is 30.5 Å². The quantitative estimate of drug-likeness (QED) is 0.803. The van der Waals surface area contributed by atoms with Gasteiger partial charge in [0.15, 0.2) is 0 Å². The Labute approximate surface area is 101 Å². The third-order valence-corrected chi connectivity index (χ3v) is 2.31. The first-order valence-corrected chi connectivity index (χ1v) is 5.83. The summed E-state index contributed by atoms with van der Waals surface area (Å²) in [5, 5.41) is 3.19. The fourth-order valence-corrected chi connectivity index (χ4v) is 1.52. The minimum Gasteiger partial charge on any atom is -0.377 e.